The molecular weight excluding hydrogens is 214 g/mol. The molecule has 0 radical (unpaired) electrons. The zero-order valence-electron chi connectivity index (χ0n) is 9.35. The second-order valence-corrected chi connectivity index (χ2v) is 4.27. The van der Waals surface area contributed by atoms with Crippen LogP contribution < -0.4 is 10.5 Å². The van der Waals surface area contributed by atoms with Gasteiger partial charge in [0, 0.05) is 11.8 Å². The van der Waals surface area contributed by atoms with Crippen LogP contribution in [0.1, 0.15) is 16.8 Å². The van der Waals surface area contributed by atoms with Crippen LogP contribution in [0.15, 0.2) is 36.4 Å². The first-order valence-corrected chi connectivity index (χ1v) is 5.72. The monoisotopic (exact) mass is 227 g/mol. The van der Waals surface area contributed by atoms with Gasteiger partial charge in [0.15, 0.2) is 5.78 Å². The lowest BCUT2D eigenvalue weighted by molar-refractivity contribution is 0.0960. The smallest absolute Gasteiger partial charge is 0.183 e. The van der Waals surface area contributed by atoms with E-state index in [1.807, 2.05) is 36.4 Å². The number of Topliss-reactive ketones (excluding diaryl/α,β-unsaturated/α-hetero) is 1. The van der Waals surface area contributed by atoms with Crippen molar-refractivity contribution in [2.45, 2.75) is 12.5 Å². The van der Waals surface area contributed by atoms with Crippen LogP contribution in [0, 0.1) is 0 Å². The van der Waals surface area contributed by atoms with E-state index in [1.54, 1.807) is 0 Å². The van der Waals surface area contributed by atoms with Crippen LogP contribution >= 0.6 is 0 Å². The van der Waals surface area contributed by atoms with Crippen LogP contribution in [0.3, 0.4) is 0 Å². The van der Waals surface area contributed by atoms with Gasteiger partial charge in [-0.05, 0) is 11.5 Å². The molecule has 0 fully saturated rings. The van der Waals surface area contributed by atoms with Crippen molar-refractivity contribution in [3.05, 3.63) is 42.0 Å². The number of rotatable bonds is 0. The van der Waals surface area contributed by atoms with Crippen molar-refractivity contribution in [1.82, 2.24) is 0 Å². The van der Waals surface area contributed by atoms with Crippen molar-refractivity contribution in [3.8, 4) is 5.75 Å². The van der Waals surface area contributed by atoms with Gasteiger partial charge in [0.2, 0.25) is 0 Å². The zero-order chi connectivity index (χ0) is 11.8. The lowest BCUT2D eigenvalue weighted by Crippen LogP contribution is -2.30. The SMILES string of the molecule is N[C@H]1CCOc2c(ccc3ccccc23)C1=O. The highest BCUT2D eigenvalue weighted by Crippen LogP contribution is 2.32. The molecule has 1 atom stereocenters. The van der Waals surface area contributed by atoms with E-state index in [9.17, 15) is 4.79 Å². The van der Waals surface area contributed by atoms with Crippen LogP contribution in [0.4, 0.5) is 0 Å². The number of nitrogens with two attached hydrogens (primary N) is 1. The van der Waals surface area contributed by atoms with Crippen molar-refractivity contribution >= 4 is 16.6 Å². The van der Waals surface area contributed by atoms with Gasteiger partial charge >= 0.3 is 0 Å². The summed E-state index contributed by atoms with van der Waals surface area (Å²) in [5, 5.41) is 2.06. The number of fused-ring (bicyclic) bond motifs is 3. The summed E-state index contributed by atoms with van der Waals surface area (Å²) in [5.41, 5.74) is 6.41. The van der Waals surface area contributed by atoms with Gasteiger partial charge in [-0.1, -0.05) is 30.3 Å². The van der Waals surface area contributed by atoms with Crippen molar-refractivity contribution < 1.29 is 9.53 Å². The highest BCUT2D eigenvalue weighted by Gasteiger charge is 2.24. The van der Waals surface area contributed by atoms with Crippen LogP contribution in [0.2, 0.25) is 0 Å². The summed E-state index contributed by atoms with van der Waals surface area (Å²) in [6.45, 7) is 0.494. The van der Waals surface area contributed by atoms with E-state index in [-0.39, 0.29) is 5.78 Å². The fourth-order valence-electron chi connectivity index (χ4n) is 2.21. The molecular formula is C14H13NO2. The summed E-state index contributed by atoms with van der Waals surface area (Å²) < 4.78 is 5.70. The van der Waals surface area contributed by atoms with E-state index in [4.69, 9.17) is 10.5 Å². The number of ketones is 1. The van der Waals surface area contributed by atoms with Gasteiger partial charge < -0.3 is 10.5 Å². The second-order valence-electron chi connectivity index (χ2n) is 4.27. The zero-order valence-corrected chi connectivity index (χ0v) is 9.35. The Kier molecular flexibility index (Phi) is 2.34. The van der Waals surface area contributed by atoms with Crippen molar-refractivity contribution in [2.24, 2.45) is 5.73 Å². The molecule has 0 saturated carbocycles. The van der Waals surface area contributed by atoms with Crippen LogP contribution in [0.25, 0.3) is 10.8 Å². The van der Waals surface area contributed by atoms with Crippen molar-refractivity contribution in [3.63, 3.8) is 0 Å². The molecule has 3 heteroatoms. The molecule has 0 bridgehead atoms. The minimum absolute atomic E-state index is 0.0248. The predicted molar refractivity (Wildman–Crippen MR) is 66.4 cm³/mol. The molecule has 0 spiro atoms. The number of ether oxygens (including phenoxy) is 1. The van der Waals surface area contributed by atoms with E-state index in [0.717, 1.165) is 10.8 Å². The average molecular weight is 227 g/mol. The fraction of sp³-hybridized carbons (Fsp3) is 0.214. The van der Waals surface area contributed by atoms with Gasteiger partial charge in [0.05, 0.1) is 18.2 Å². The van der Waals surface area contributed by atoms with E-state index in [1.165, 1.54) is 0 Å². The number of carbonyl (C=O) groups excluding carboxylic acids is 1. The first kappa shape index (κ1) is 10.3. The molecule has 86 valence electrons. The average Bonchev–Trinajstić information content (AvgIpc) is 2.51. The molecule has 1 aliphatic rings. The molecule has 0 aliphatic carbocycles. The van der Waals surface area contributed by atoms with Gasteiger partial charge in [-0.25, -0.2) is 0 Å². The van der Waals surface area contributed by atoms with Gasteiger partial charge in [-0.15, -0.1) is 0 Å². The fourth-order valence-corrected chi connectivity index (χ4v) is 2.21. The number of benzene rings is 2. The summed E-state index contributed by atoms with van der Waals surface area (Å²) in [6.07, 6.45) is 0.571. The summed E-state index contributed by atoms with van der Waals surface area (Å²) in [7, 11) is 0. The molecule has 2 aromatic carbocycles. The van der Waals surface area contributed by atoms with Gasteiger partial charge in [-0.2, -0.15) is 0 Å². The van der Waals surface area contributed by atoms with E-state index in [0.29, 0.717) is 24.3 Å². The molecule has 3 rings (SSSR count). The Morgan fingerprint density at radius 1 is 1.18 bits per heavy atom. The standard InChI is InChI=1S/C14H13NO2/c15-12-7-8-17-14-10-4-2-1-3-9(10)5-6-11(14)13(12)16/h1-6,12H,7-8,15H2/t12-/m0/s1. The second kappa shape index (κ2) is 3.86. The summed E-state index contributed by atoms with van der Waals surface area (Å²) in [5.74, 6) is 0.657. The molecule has 2 N–H and O–H groups in total. The predicted octanol–water partition coefficient (Wildman–Crippen LogP) is 2.13. The first-order valence-electron chi connectivity index (χ1n) is 5.72. The quantitative estimate of drug-likeness (QED) is 0.750. The highest BCUT2D eigenvalue weighted by molar-refractivity contribution is 6.07. The summed E-state index contributed by atoms with van der Waals surface area (Å²) >= 11 is 0. The van der Waals surface area contributed by atoms with Crippen LogP contribution in [-0.4, -0.2) is 18.4 Å². The Morgan fingerprint density at radius 2 is 2.00 bits per heavy atom. The molecule has 2 aromatic rings. The first-order chi connectivity index (χ1) is 8.27. The van der Waals surface area contributed by atoms with Gasteiger partial charge in [0.1, 0.15) is 5.75 Å². The Hall–Kier alpha value is -1.87. The van der Waals surface area contributed by atoms with Crippen molar-refractivity contribution in [2.75, 3.05) is 6.61 Å². The largest absolute Gasteiger partial charge is 0.492 e. The molecule has 0 aromatic heterocycles. The summed E-state index contributed by atoms with van der Waals surface area (Å²) in [4.78, 5) is 12.1. The maximum atomic E-state index is 12.1. The molecule has 1 aliphatic heterocycles. The number of carbonyl (C=O) groups is 1. The number of hydrogen-bond donors (Lipinski definition) is 1. The molecule has 0 unspecified atom stereocenters. The van der Waals surface area contributed by atoms with E-state index in [2.05, 4.69) is 0 Å². The Bertz CT molecular complexity index is 592. The lowest BCUT2D eigenvalue weighted by atomic mass is 9.99. The Balaban J connectivity index is 2.29. The van der Waals surface area contributed by atoms with Crippen LogP contribution in [-0.2, 0) is 0 Å². The maximum Gasteiger partial charge on any atom is 0.183 e. The van der Waals surface area contributed by atoms with Gasteiger partial charge in [0.25, 0.3) is 0 Å². The minimum Gasteiger partial charge on any atom is -0.492 e. The van der Waals surface area contributed by atoms with Crippen molar-refractivity contribution in [1.29, 1.82) is 0 Å². The van der Waals surface area contributed by atoms with E-state index >= 15 is 0 Å². The van der Waals surface area contributed by atoms with Crippen LogP contribution in [0.5, 0.6) is 5.75 Å². The topological polar surface area (TPSA) is 52.3 Å². The Labute approximate surface area is 99.2 Å². The maximum absolute atomic E-state index is 12.1. The highest BCUT2D eigenvalue weighted by atomic mass is 16.5. The third-order valence-corrected chi connectivity index (χ3v) is 3.16. The molecule has 0 saturated heterocycles. The van der Waals surface area contributed by atoms with Gasteiger partial charge in [-0.3, -0.25) is 4.79 Å². The molecule has 0 amide bonds. The van der Waals surface area contributed by atoms with E-state index < -0.39 is 6.04 Å². The third kappa shape index (κ3) is 1.59. The molecule has 1 heterocycles. The third-order valence-electron chi connectivity index (χ3n) is 3.16. The number of hydrogen-bond acceptors (Lipinski definition) is 3. The molecule has 3 nitrogen and oxygen atoms in total. The summed E-state index contributed by atoms with van der Waals surface area (Å²) in [6, 6.07) is 11.2. The lowest BCUT2D eigenvalue weighted by Gasteiger charge is -2.09. The normalized spacial score (nSPS) is 19.6. The minimum atomic E-state index is -0.447. The molecule has 17 heavy (non-hydrogen) atoms. The Morgan fingerprint density at radius 3 is 2.88 bits per heavy atom.